The Kier molecular flexibility index (Phi) is 4.61. The largest absolute Gasteiger partial charge is 0.497 e. The molecule has 1 fully saturated rings. The van der Waals surface area contributed by atoms with Crippen molar-refractivity contribution in [1.29, 1.82) is 0 Å². The minimum absolute atomic E-state index is 0.142. The van der Waals surface area contributed by atoms with Crippen molar-refractivity contribution < 1.29 is 19.4 Å². The summed E-state index contributed by atoms with van der Waals surface area (Å²) in [6, 6.07) is 7.06. The Labute approximate surface area is 117 Å². The number of methoxy groups -OCH3 is 1. The van der Waals surface area contributed by atoms with Crippen LogP contribution in [0.4, 0.5) is 0 Å². The van der Waals surface area contributed by atoms with Crippen LogP contribution in [-0.2, 0) is 16.0 Å². The van der Waals surface area contributed by atoms with Gasteiger partial charge >= 0.3 is 5.97 Å². The number of hydrogen-bond donors (Lipinski definition) is 2. The highest BCUT2D eigenvalue weighted by Crippen LogP contribution is 2.26. The molecule has 1 aromatic carbocycles. The van der Waals surface area contributed by atoms with Crippen LogP contribution in [-0.4, -0.2) is 30.1 Å². The lowest BCUT2D eigenvalue weighted by Gasteiger charge is -2.17. The van der Waals surface area contributed by atoms with Crippen LogP contribution in [0, 0.1) is 5.92 Å². The van der Waals surface area contributed by atoms with E-state index >= 15 is 0 Å². The molecule has 0 saturated heterocycles. The molecule has 2 atom stereocenters. The molecule has 0 aliphatic heterocycles. The molecular weight excluding hydrogens is 258 g/mol. The molecule has 0 radical (unpaired) electrons. The van der Waals surface area contributed by atoms with Crippen LogP contribution in [0.3, 0.4) is 0 Å². The van der Waals surface area contributed by atoms with Crippen LogP contribution in [0.1, 0.15) is 24.8 Å². The molecule has 1 aromatic rings. The zero-order valence-corrected chi connectivity index (χ0v) is 11.5. The van der Waals surface area contributed by atoms with E-state index in [0.717, 1.165) is 18.4 Å². The molecule has 0 aromatic heterocycles. The van der Waals surface area contributed by atoms with Crippen molar-refractivity contribution in [3.8, 4) is 5.75 Å². The molecule has 0 spiro atoms. The summed E-state index contributed by atoms with van der Waals surface area (Å²) < 4.78 is 5.11. The van der Waals surface area contributed by atoms with E-state index in [-0.39, 0.29) is 18.4 Å². The van der Waals surface area contributed by atoms with Crippen molar-refractivity contribution in [2.45, 2.75) is 31.7 Å². The summed E-state index contributed by atoms with van der Waals surface area (Å²) in [7, 11) is 1.58. The molecular formula is C15H19NO4. The number of aliphatic carboxylic acids is 1. The zero-order chi connectivity index (χ0) is 14.5. The number of rotatable bonds is 5. The predicted octanol–water partition coefficient (Wildman–Crippen LogP) is 1.61. The highest BCUT2D eigenvalue weighted by Gasteiger charge is 2.33. The lowest BCUT2D eigenvalue weighted by Crippen LogP contribution is -2.40. The molecule has 20 heavy (non-hydrogen) atoms. The molecule has 1 aliphatic rings. The van der Waals surface area contributed by atoms with Gasteiger partial charge < -0.3 is 15.2 Å². The first-order valence-corrected chi connectivity index (χ1v) is 6.75. The number of carboxylic acid groups (broad SMARTS) is 1. The maximum Gasteiger partial charge on any atom is 0.308 e. The van der Waals surface area contributed by atoms with Crippen LogP contribution < -0.4 is 10.1 Å². The van der Waals surface area contributed by atoms with Crippen molar-refractivity contribution in [3.05, 3.63) is 29.8 Å². The van der Waals surface area contributed by atoms with Crippen molar-refractivity contribution in [1.82, 2.24) is 5.32 Å². The third-order valence-corrected chi connectivity index (χ3v) is 3.68. The molecule has 1 amide bonds. The number of hydrogen-bond acceptors (Lipinski definition) is 3. The van der Waals surface area contributed by atoms with Gasteiger partial charge in [0, 0.05) is 6.04 Å². The summed E-state index contributed by atoms with van der Waals surface area (Å²) in [4.78, 5) is 23.1. The lowest BCUT2D eigenvalue weighted by atomic mass is 10.0. The maximum absolute atomic E-state index is 12.0. The van der Waals surface area contributed by atoms with Gasteiger partial charge in [0.05, 0.1) is 19.4 Å². The van der Waals surface area contributed by atoms with Crippen molar-refractivity contribution >= 4 is 11.9 Å². The van der Waals surface area contributed by atoms with Gasteiger partial charge in [0.25, 0.3) is 0 Å². The first-order valence-electron chi connectivity index (χ1n) is 6.75. The molecule has 2 rings (SSSR count). The quantitative estimate of drug-likeness (QED) is 0.857. The highest BCUT2D eigenvalue weighted by molar-refractivity contribution is 5.80. The van der Waals surface area contributed by atoms with Gasteiger partial charge in [0.2, 0.25) is 5.91 Å². The van der Waals surface area contributed by atoms with Gasteiger partial charge in [-0.1, -0.05) is 18.6 Å². The van der Waals surface area contributed by atoms with Crippen LogP contribution in [0.2, 0.25) is 0 Å². The minimum Gasteiger partial charge on any atom is -0.497 e. The number of nitrogens with one attached hydrogen (secondary N) is 1. The van der Waals surface area contributed by atoms with E-state index in [4.69, 9.17) is 9.84 Å². The second-order valence-electron chi connectivity index (χ2n) is 5.08. The average molecular weight is 277 g/mol. The van der Waals surface area contributed by atoms with Gasteiger partial charge in [-0.3, -0.25) is 9.59 Å². The van der Waals surface area contributed by atoms with Gasteiger partial charge in [-0.25, -0.2) is 0 Å². The van der Waals surface area contributed by atoms with Crippen LogP contribution in [0.25, 0.3) is 0 Å². The Morgan fingerprint density at radius 1 is 1.40 bits per heavy atom. The van der Waals surface area contributed by atoms with E-state index in [1.54, 1.807) is 7.11 Å². The molecule has 5 heteroatoms. The van der Waals surface area contributed by atoms with Gasteiger partial charge in [-0.05, 0) is 30.5 Å². The molecule has 5 nitrogen and oxygen atoms in total. The summed E-state index contributed by atoms with van der Waals surface area (Å²) >= 11 is 0. The van der Waals surface area contributed by atoms with Crippen LogP contribution in [0.5, 0.6) is 5.75 Å². The molecule has 0 heterocycles. The normalized spacial score (nSPS) is 21.4. The summed E-state index contributed by atoms with van der Waals surface area (Å²) in [6.45, 7) is 0. The van der Waals surface area contributed by atoms with E-state index in [2.05, 4.69) is 5.32 Å². The Bertz CT molecular complexity index is 500. The fraction of sp³-hybridized carbons (Fsp3) is 0.467. The monoisotopic (exact) mass is 277 g/mol. The number of carboxylic acids is 1. The second kappa shape index (κ2) is 6.41. The SMILES string of the molecule is COc1cccc(CC(=O)N[C@@H]2CCC[C@@H]2C(=O)O)c1. The number of carbonyl (C=O) groups is 2. The number of benzene rings is 1. The van der Waals surface area contributed by atoms with E-state index in [0.29, 0.717) is 12.2 Å². The molecule has 2 N–H and O–H groups in total. The molecule has 1 aliphatic carbocycles. The van der Waals surface area contributed by atoms with Gasteiger partial charge in [0.15, 0.2) is 0 Å². The molecule has 0 unspecified atom stereocenters. The van der Waals surface area contributed by atoms with E-state index in [1.807, 2.05) is 24.3 Å². The van der Waals surface area contributed by atoms with Crippen molar-refractivity contribution in [3.63, 3.8) is 0 Å². The fourth-order valence-electron chi connectivity index (χ4n) is 2.65. The molecule has 1 saturated carbocycles. The number of amides is 1. The van der Waals surface area contributed by atoms with Gasteiger partial charge in [0.1, 0.15) is 5.75 Å². The van der Waals surface area contributed by atoms with E-state index < -0.39 is 11.9 Å². The van der Waals surface area contributed by atoms with Gasteiger partial charge in [-0.15, -0.1) is 0 Å². The Balaban J connectivity index is 1.93. The summed E-state index contributed by atoms with van der Waals surface area (Å²) in [6.07, 6.45) is 2.46. The topological polar surface area (TPSA) is 75.6 Å². The fourth-order valence-corrected chi connectivity index (χ4v) is 2.65. The summed E-state index contributed by atoms with van der Waals surface area (Å²) in [5.74, 6) is -0.713. The summed E-state index contributed by atoms with van der Waals surface area (Å²) in [5, 5.41) is 11.9. The average Bonchev–Trinajstić information content (AvgIpc) is 2.87. The molecule has 108 valence electrons. The smallest absolute Gasteiger partial charge is 0.308 e. The lowest BCUT2D eigenvalue weighted by molar-refractivity contribution is -0.142. The van der Waals surface area contributed by atoms with Crippen molar-refractivity contribution in [2.75, 3.05) is 7.11 Å². The Morgan fingerprint density at radius 3 is 2.90 bits per heavy atom. The number of ether oxygens (including phenoxy) is 1. The van der Waals surface area contributed by atoms with E-state index in [9.17, 15) is 9.59 Å². The third kappa shape index (κ3) is 3.50. The maximum atomic E-state index is 12.0. The standard InChI is InChI=1S/C15H19NO4/c1-20-11-5-2-4-10(8-11)9-14(17)16-13-7-3-6-12(13)15(18)19/h2,4-5,8,12-13H,3,6-7,9H2,1H3,(H,16,17)(H,18,19)/t12-,13+/m0/s1. The van der Waals surface area contributed by atoms with Crippen LogP contribution in [0.15, 0.2) is 24.3 Å². The predicted molar refractivity (Wildman–Crippen MR) is 73.6 cm³/mol. The third-order valence-electron chi connectivity index (χ3n) is 3.68. The Hall–Kier alpha value is -2.04. The van der Waals surface area contributed by atoms with Crippen molar-refractivity contribution in [2.24, 2.45) is 5.92 Å². The first kappa shape index (κ1) is 14.4. The summed E-state index contributed by atoms with van der Waals surface area (Å²) in [5.41, 5.74) is 0.853. The van der Waals surface area contributed by atoms with Crippen LogP contribution >= 0.6 is 0 Å². The minimum atomic E-state index is -0.825. The highest BCUT2D eigenvalue weighted by atomic mass is 16.5. The second-order valence-corrected chi connectivity index (χ2v) is 5.08. The molecule has 0 bridgehead atoms. The van der Waals surface area contributed by atoms with Gasteiger partial charge in [-0.2, -0.15) is 0 Å². The van der Waals surface area contributed by atoms with E-state index in [1.165, 1.54) is 0 Å². The number of carbonyl (C=O) groups excluding carboxylic acids is 1. The Morgan fingerprint density at radius 2 is 2.20 bits per heavy atom. The zero-order valence-electron chi connectivity index (χ0n) is 11.5. The first-order chi connectivity index (χ1) is 9.60.